The molecule has 1 aromatic carbocycles. The number of hydrogen-bond acceptors (Lipinski definition) is 2. The third-order valence-electron chi connectivity index (χ3n) is 1.85. The van der Waals surface area contributed by atoms with Crippen molar-refractivity contribution < 1.29 is 8.91 Å². The van der Waals surface area contributed by atoms with Crippen LogP contribution in [0, 0.1) is 0 Å². The summed E-state index contributed by atoms with van der Waals surface area (Å²) in [6.07, 6.45) is 0. The number of amides is 1. The lowest BCUT2D eigenvalue weighted by Gasteiger charge is -1.94. The minimum atomic E-state index is -2.52. The van der Waals surface area contributed by atoms with Gasteiger partial charge in [0.05, 0.1) is 5.52 Å². The zero-order valence-electron chi connectivity index (χ0n) is 9.97. The van der Waals surface area contributed by atoms with Crippen LogP contribution < -0.4 is 5.32 Å². The van der Waals surface area contributed by atoms with Gasteiger partial charge in [0.1, 0.15) is 0 Å². The molecule has 0 atom stereocenters. The van der Waals surface area contributed by atoms with Crippen LogP contribution in [0.25, 0.3) is 10.9 Å². The van der Waals surface area contributed by atoms with E-state index in [9.17, 15) is 4.79 Å². The van der Waals surface area contributed by atoms with E-state index in [1.54, 1.807) is 18.2 Å². The average Bonchev–Trinajstić information content (AvgIpc) is 2.57. The number of carbonyl (C=O) groups excluding carboxylic acids is 1. The van der Waals surface area contributed by atoms with Crippen molar-refractivity contribution >= 4 is 32.7 Å². The molecular formula is C9H8BrN3O. The molecule has 14 heavy (non-hydrogen) atoms. The van der Waals surface area contributed by atoms with Crippen molar-refractivity contribution in [1.82, 2.24) is 15.5 Å². The summed E-state index contributed by atoms with van der Waals surface area (Å²) in [6, 6.07) is 5.20. The SMILES string of the molecule is [2H]C([2H])([2H])NC(=O)c1n[nH]c2cc(Br)ccc12. The predicted octanol–water partition coefficient (Wildman–Crippen LogP) is 1.68. The summed E-state index contributed by atoms with van der Waals surface area (Å²) in [4.78, 5) is 11.7. The molecule has 0 aliphatic heterocycles. The van der Waals surface area contributed by atoms with E-state index in [1.165, 1.54) is 0 Å². The topological polar surface area (TPSA) is 57.8 Å². The number of hydrogen-bond donors (Lipinski definition) is 2. The molecule has 72 valence electrons. The second-order valence-corrected chi connectivity index (χ2v) is 3.63. The van der Waals surface area contributed by atoms with Crippen molar-refractivity contribution in [2.24, 2.45) is 0 Å². The molecule has 0 saturated heterocycles. The molecule has 0 spiro atoms. The first-order valence-corrected chi connectivity index (χ1v) is 4.62. The lowest BCUT2D eigenvalue weighted by atomic mass is 10.2. The maximum atomic E-state index is 11.7. The Bertz CT molecular complexity index is 578. The monoisotopic (exact) mass is 256 g/mol. The fraction of sp³-hybridized carbons (Fsp3) is 0.111. The van der Waals surface area contributed by atoms with Gasteiger partial charge in [0.25, 0.3) is 5.91 Å². The molecule has 1 amide bonds. The van der Waals surface area contributed by atoms with Gasteiger partial charge in [-0.1, -0.05) is 15.9 Å². The first-order valence-electron chi connectivity index (χ1n) is 5.33. The second kappa shape index (κ2) is 3.42. The molecule has 2 aromatic rings. The molecular weight excluding hydrogens is 246 g/mol. The number of nitrogens with zero attached hydrogens (tertiary/aromatic N) is 1. The van der Waals surface area contributed by atoms with Crippen LogP contribution >= 0.6 is 15.9 Å². The summed E-state index contributed by atoms with van der Waals surface area (Å²) in [6.45, 7) is -2.52. The average molecular weight is 257 g/mol. The smallest absolute Gasteiger partial charge is 0.272 e. The van der Waals surface area contributed by atoms with Crippen LogP contribution in [-0.2, 0) is 0 Å². The molecule has 0 bridgehead atoms. The van der Waals surface area contributed by atoms with E-state index in [2.05, 4.69) is 26.1 Å². The normalized spacial score (nSPS) is 14.5. The molecule has 0 aliphatic rings. The van der Waals surface area contributed by atoms with Crippen LogP contribution in [0.5, 0.6) is 0 Å². The van der Waals surface area contributed by atoms with Crippen LogP contribution in [0.3, 0.4) is 0 Å². The quantitative estimate of drug-likeness (QED) is 0.816. The molecule has 5 heteroatoms. The lowest BCUT2D eigenvalue weighted by molar-refractivity contribution is 0.0959. The van der Waals surface area contributed by atoms with Crippen LogP contribution in [0.2, 0.25) is 0 Å². The first-order chi connectivity index (χ1) is 7.87. The van der Waals surface area contributed by atoms with Crippen molar-refractivity contribution in [2.75, 3.05) is 6.98 Å². The van der Waals surface area contributed by atoms with E-state index in [1.807, 2.05) is 5.32 Å². The van der Waals surface area contributed by atoms with Gasteiger partial charge in [0.2, 0.25) is 0 Å². The van der Waals surface area contributed by atoms with Gasteiger partial charge in [-0.15, -0.1) is 0 Å². The van der Waals surface area contributed by atoms with Gasteiger partial charge >= 0.3 is 0 Å². The molecule has 0 aliphatic carbocycles. The molecule has 0 unspecified atom stereocenters. The molecule has 0 saturated carbocycles. The number of halogens is 1. The van der Waals surface area contributed by atoms with Crippen LogP contribution in [0.15, 0.2) is 22.7 Å². The number of carbonyl (C=O) groups is 1. The van der Waals surface area contributed by atoms with Gasteiger partial charge in [0.15, 0.2) is 5.69 Å². The number of nitrogens with one attached hydrogen (secondary N) is 2. The van der Waals surface area contributed by atoms with Crippen molar-refractivity contribution in [2.45, 2.75) is 0 Å². The fourth-order valence-corrected chi connectivity index (χ4v) is 1.59. The van der Waals surface area contributed by atoms with Crippen molar-refractivity contribution in [1.29, 1.82) is 0 Å². The Hall–Kier alpha value is -1.36. The summed E-state index contributed by atoms with van der Waals surface area (Å²) < 4.78 is 21.7. The lowest BCUT2D eigenvalue weighted by Crippen LogP contribution is -2.18. The number of H-pyrrole nitrogens is 1. The maximum absolute atomic E-state index is 11.7. The second-order valence-electron chi connectivity index (χ2n) is 2.72. The minimum absolute atomic E-state index is 0.0728. The Balaban J connectivity index is 2.40. The molecule has 1 aromatic heterocycles. The minimum Gasteiger partial charge on any atom is -0.354 e. The van der Waals surface area contributed by atoms with E-state index in [4.69, 9.17) is 4.11 Å². The van der Waals surface area contributed by atoms with Crippen molar-refractivity contribution in [3.8, 4) is 0 Å². The van der Waals surface area contributed by atoms with E-state index < -0.39 is 12.9 Å². The van der Waals surface area contributed by atoms with Gasteiger partial charge in [0, 0.05) is 20.9 Å². The Morgan fingerprint density at radius 3 is 3.36 bits per heavy atom. The summed E-state index contributed by atoms with van der Waals surface area (Å²) >= 11 is 3.29. The van der Waals surface area contributed by atoms with Crippen molar-refractivity contribution in [3.63, 3.8) is 0 Å². The maximum Gasteiger partial charge on any atom is 0.272 e. The third kappa shape index (κ3) is 1.39. The van der Waals surface area contributed by atoms with E-state index in [-0.39, 0.29) is 5.69 Å². The highest BCUT2D eigenvalue weighted by molar-refractivity contribution is 9.10. The first kappa shape index (κ1) is 6.19. The van der Waals surface area contributed by atoms with Crippen molar-refractivity contribution in [3.05, 3.63) is 28.4 Å². The summed E-state index contributed by atoms with van der Waals surface area (Å²) in [5.41, 5.74) is 0.735. The highest BCUT2D eigenvalue weighted by Crippen LogP contribution is 2.20. The Morgan fingerprint density at radius 2 is 2.57 bits per heavy atom. The molecule has 0 fully saturated rings. The Morgan fingerprint density at radius 1 is 1.71 bits per heavy atom. The molecule has 4 nitrogen and oxygen atoms in total. The Kier molecular flexibility index (Phi) is 1.51. The van der Waals surface area contributed by atoms with Crippen LogP contribution in [0.1, 0.15) is 14.6 Å². The number of fused-ring (bicyclic) bond motifs is 1. The largest absolute Gasteiger partial charge is 0.354 e. The zero-order chi connectivity index (χ0) is 12.6. The highest BCUT2D eigenvalue weighted by Gasteiger charge is 2.11. The van der Waals surface area contributed by atoms with Crippen LogP contribution in [-0.4, -0.2) is 23.1 Å². The van der Waals surface area contributed by atoms with Gasteiger partial charge in [-0.05, 0) is 18.2 Å². The number of rotatable bonds is 1. The molecule has 2 N–H and O–H groups in total. The number of aromatic nitrogens is 2. The number of aromatic amines is 1. The highest BCUT2D eigenvalue weighted by atomic mass is 79.9. The number of benzene rings is 1. The van der Waals surface area contributed by atoms with E-state index in [0.29, 0.717) is 10.9 Å². The summed E-state index contributed by atoms with van der Waals surface area (Å²) in [5, 5.41) is 8.96. The third-order valence-corrected chi connectivity index (χ3v) is 2.35. The summed E-state index contributed by atoms with van der Waals surface area (Å²) in [5.74, 6) is -0.724. The molecule has 2 rings (SSSR count). The van der Waals surface area contributed by atoms with Gasteiger partial charge < -0.3 is 5.32 Å². The van der Waals surface area contributed by atoms with E-state index in [0.717, 1.165) is 4.47 Å². The molecule has 1 heterocycles. The van der Waals surface area contributed by atoms with E-state index >= 15 is 0 Å². The van der Waals surface area contributed by atoms with Gasteiger partial charge in [-0.3, -0.25) is 9.89 Å². The predicted molar refractivity (Wildman–Crippen MR) is 57.2 cm³/mol. The fourth-order valence-electron chi connectivity index (χ4n) is 1.22. The standard InChI is InChI=1S/C9H8BrN3O/c1-11-9(14)8-6-3-2-5(10)4-7(6)12-13-8/h2-4H,1H3,(H,11,14)(H,12,13)/i1D3. The molecule has 0 radical (unpaired) electrons. The van der Waals surface area contributed by atoms with Crippen LogP contribution in [0.4, 0.5) is 0 Å². The van der Waals surface area contributed by atoms with Gasteiger partial charge in [-0.2, -0.15) is 5.10 Å². The Labute approximate surface area is 93.0 Å². The summed E-state index contributed by atoms with van der Waals surface area (Å²) in [7, 11) is 0. The zero-order valence-corrected chi connectivity index (χ0v) is 8.55. The van der Waals surface area contributed by atoms with Gasteiger partial charge in [-0.25, -0.2) is 0 Å².